The van der Waals surface area contributed by atoms with Gasteiger partial charge in [0, 0.05) is 26.1 Å². The molecule has 186 valence electrons. The molecule has 7 heteroatoms. The van der Waals surface area contributed by atoms with E-state index < -0.39 is 18.3 Å². The molecule has 1 saturated heterocycles. The van der Waals surface area contributed by atoms with Crippen molar-refractivity contribution < 1.29 is 14.0 Å². The van der Waals surface area contributed by atoms with Crippen LogP contribution in [0.5, 0.6) is 0 Å². The molecule has 3 atom stereocenters. The van der Waals surface area contributed by atoms with E-state index in [2.05, 4.69) is 36.3 Å². The van der Waals surface area contributed by atoms with E-state index in [1.165, 1.54) is 16.7 Å². The van der Waals surface area contributed by atoms with Crippen molar-refractivity contribution in [3.05, 3.63) is 83.1 Å². The SMILES string of the molecule is CN=CC(=CN)CCC(=O)N1C[C@H](F)C[C@H]1C(=O)N[C@@H](c1ccccc1)c1ccc(C(C)C)cc1. The molecule has 0 unspecified atom stereocenters. The molecule has 0 radical (unpaired) electrons. The van der Waals surface area contributed by atoms with Crippen LogP contribution in [0.25, 0.3) is 0 Å². The number of halogens is 1. The Bertz CT molecular complexity index is 1050. The van der Waals surface area contributed by atoms with Crippen molar-refractivity contribution in [3.8, 4) is 0 Å². The molecule has 2 aromatic rings. The third-order valence-electron chi connectivity index (χ3n) is 6.37. The number of rotatable bonds is 9. The molecule has 1 aliphatic rings. The van der Waals surface area contributed by atoms with Crippen LogP contribution in [0.1, 0.15) is 61.8 Å². The van der Waals surface area contributed by atoms with Crippen molar-refractivity contribution in [2.24, 2.45) is 10.7 Å². The topological polar surface area (TPSA) is 87.8 Å². The average molecular weight is 479 g/mol. The smallest absolute Gasteiger partial charge is 0.243 e. The number of nitrogens with two attached hydrogens (primary N) is 1. The van der Waals surface area contributed by atoms with Crippen LogP contribution in [-0.4, -0.2) is 48.7 Å². The van der Waals surface area contributed by atoms with E-state index in [4.69, 9.17) is 5.73 Å². The van der Waals surface area contributed by atoms with Crippen molar-refractivity contribution in [1.29, 1.82) is 0 Å². The molecule has 0 saturated carbocycles. The molecule has 35 heavy (non-hydrogen) atoms. The Morgan fingerprint density at radius 1 is 1.09 bits per heavy atom. The predicted molar refractivity (Wildman–Crippen MR) is 138 cm³/mol. The summed E-state index contributed by atoms with van der Waals surface area (Å²) in [6, 6.07) is 16.5. The summed E-state index contributed by atoms with van der Waals surface area (Å²) in [7, 11) is 1.62. The highest BCUT2D eigenvalue weighted by Gasteiger charge is 2.40. The van der Waals surface area contributed by atoms with Crippen molar-refractivity contribution >= 4 is 18.0 Å². The predicted octanol–water partition coefficient (Wildman–Crippen LogP) is 4.28. The molecule has 0 aliphatic carbocycles. The number of likely N-dealkylation sites (tertiary alicyclic amines) is 1. The molecular weight excluding hydrogens is 443 g/mol. The van der Waals surface area contributed by atoms with Gasteiger partial charge < -0.3 is 16.0 Å². The van der Waals surface area contributed by atoms with Crippen LogP contribution in [0.4, 0.5) is 4.39 Å². The zero-order valence-corrected chi connectivity index (χ0v) is 20.7. The minimum atomic E-state index is -1.24. The maximum absolute atomic E-state index is 14.4. The summed E-state index contributed by atoms with van der Waals surface area (Å²) in [6.45, 7) is 4.18. The van der Waals surface area contributed by atoms with Gasteiger partial charge in [-0.25, -0.2) is 4.39 Å². The normalized spacial score (nSPS) is 19.3. The number of nitrogens with one attached hydrogen (secondary N) is 1. The van der Waals surface area contributed by atoms with Crippen LogP contribution < -0.4 is 11.1 Å². The second kappa shape index (κ2) is 12.3. The van der Waals surface area contributed by atoms with Gasteiger partial charge in [0.15, 0.2) is 0 Å². The molecule has 0 aromatic heterocycles. The Morgan fingerprint density at radius 3 is 2.31 bits per heavy atom. The first kappa shape index (κ1) is 26.1. The number of hydrogen-bond acceptors (Lipinski definition) is 4. The van der Waals surface area contributed by atoms with Gasteiger partial charge in [-0.3, -0.25) is 14.6 Å². The highest BCUT2D eigenvalue weighted by molar-refractivity contribution is 5.89. The first-order valence-electron chi connectivity index (χ1n) is 12.1. The molecule has 1 aliphatic heterocycles. The van der Waals surface area contributed by atoms with E-state index in [0.717, 1.165) is 11.1 Å². The Morgan fingerprint density at radius 2 is 1.71 bits per heavy atom. The molecule has 3 rings (SSSR count). The summed E-state index contributed by atoms with van der Waals surface area (Å²) in [6.07, 6.45) is 2.25. The van der Waals surface area contributed by atoms with E-state index in [1.807, 2.05) is 42.5 Å². The Kier molecular flexibility index (Phi) is 9.18. The van der Waals surface area contributed by atoms with Crippen molar-refractivity contribution in [3.63, 3.8) is 0 Å². The fourth-order valence-corrected chi connectivity index (χ4v) is 4.38. The summed E-state index contributed by atoms with van der Waals surface area (Å²) >= 11 is 0. The second-order valence-electron chi connectivity index (χ2n) is 9.20. The van der Waals surface area contributed by atoms with Crippen LogP contribution in [0.3, 0.4) is 0 Å². The molecule has 2 aromatic carbocycles. The summed E-state index contributed by atoms with van der Waals surface area (Å²) in [4.78, 5) is 31.6. The zero-order chi connectivity index (χ0) is 25.4. The van der Waals surface area contributed by atoms with Gasteiger partial charge in [0.1, 0.15) is 12.2 Å². The lowest BCUT2D eigenvalue weighted by molar-refractivity contribution is -0.138. The number of amides is 2. The monoisotopic (exact) mass is 478 g/mol. The summed E-state index contributed by atoms with van der Waals surface area (Å²) in [5.74, 6) is -0.233. The summed E-state index contributed by atoms with van der Waals surface area (Å²) < 4.78 is 14.4. The largest absolute Gasteiger partial charge is 0.404 e. The van der Waals surface area contributed by atoms with Crippen molar-refractivity contribution in [2.75, 3.05) is 13.6 Å². The van der Waals surface area contributed by atoms with E-state index in [-0.39, 0.29) is 31.2 Å². The third-order valence-corrected chi connectivity index (χ3v) is 6.37. The maximum Gasteiger partial charge on any atom is 0.243 e. The molecular formula is C28H35FN4O2. The summed E-state index contributed by atoms with van der Waals surface area (Å²) in [5, 5.41) is 3.09. The second-order valence-corrected chi connectivity index (χ2v) is 9.20. The molecule has 0 spiro atoms. The number of aliphatic imine (C=N–C) groups is 1. The van der Waals surface area contributed by atoms with E-state index in [0.29, 0.717) is 17.9 Å². The number of hydrogen-bond donors (Lipinski definition) is 2. The first-order chi connectivity index (χ1) is 16.8. The number of nitrogens with zero attached hydrogens (tertiary/aromatic N) is 2. The van der Waals surface area contributed by atoms with Gasteiger partial charge in [-0.1, -0.05) is 68.4 Å². The van der Waals surface area contributed by atoms with Crippen molar-refractivity contribution in [2.45, 2.75) is 57.3 Å². The number of carbonyl (C=O) groups excluding carboxylic acids is 2. The molecule has 3 N–H and O–H groups in total. The Balaban J connectivity index is 1.79. The lowest BCUT2D eigenvalue weighted by atomic mass is 9.95. The molecule has 1 fully saturated rings. The van der Waals surface area contributed by atoms with Crippen molar-refractivity contribution in [1.82, 2.24) is 10.2 Å². The lowest BCUT2D eigenvalue weighted by Crippen LogP contribution is -2.47. The van der Waals surface area contributed by atoms with Gasteiger partial charge in [-0.05, 0) is 40.8 Å². The fraction of sp³-hybridized carbons (Fsp3) is 0.393. The molecule has 1 heterocycles. The minimum Gasteiger partial charge on any atom is -0.404 e. The Hall–Kier alpha value is -3.48. The van der Waals surface area contributed by atoms with Gasteiger partial charge in [-0.2, -0.15) is 0 Å². The standard InChI is InChI=1S/C28H35FN4O2/c1-19(2)21-10-12-23(13-11-21)27(22-7-5-4-6-8-22)32-28(35)25-15-24(29)18-33(25)26(34)14-9-20(16-30)17-31-3/h4-8,10-13,16-17,19,24-25,27H,9,14-15,18,30H2,1-3H3,(H,32,35)/t24-,25+,27+/m1/s1. The average Bonchev–Trinajstić information content (AvgIpc) is 3.27. The van der Waals surface area contributed by atoms with Crippen LogP contribution in [-0.2, 0) is 9.59 Å². The summed E-state index contributed by atoms with van der Waals surface area (Å²) in [5.41, 5.74) is 9.35. The van der Waals surface area contributed by atoms with Gasteiger partial charge in [-0.15, -0.1) is 0 Å². The van der Waals surface area contributed by atoms with Crippen LogP contribution in [0.2, 0.25) is 0 Å². The highest BCUT2D eigenvalue weighted by atomic mass is 19.1. The zero-order valence-electron chi connectivity index (χ0n) is 20.7. The van der Waals surface area contributed by atoms with Crippen LogP contribution in [0, 0.1) is 0 Å². The minimum absolute atomic E-state index is 0.0125. The van der Waals surface area contributed by atoms with Crippen LogP contribution in [0.15, 0.2) is 71.4 Å². The number of carbonyl (C=O) groups is 2. The third kappa shape index (κ3) is 6.78. The quantitative estimate of drug-likeness (QED) is 0.528. The fourth-order valence-electron chi connectivity index (χ4n) is 4.38. The Labute approximate surface area is 207 Å². The van der Waals surface area contributed by atoms with Crippen LogP contribution >= 0.6 is 0 Å². The van der Waals surface area contributed by atoms with E-state index in [1.54, 1.807) is 13.3 Å². The van der Waals surface area contributed by atoms with Gasteiger partial charge in [0.05, 0.1) is 12.6 Å². The lowest BCUT2D eigenvalue weighted by Gasteiger charge is -2.27. The van der Waals surface area contributed by atoms with Gasteiger partial charge in [0.2, 0.25) is 11.8 Å². The first-order valence-corrected chi connectivity index (χ1v) is 12.1. The number of alkyl halides is 1. The molecule has 6 nitrogen and oxygen atoms in total. The van der Waals surface area contributed by atoms with Gasteiger partial charge in [0.25, 0.3) is 0 Å². The highest BCUT2D eigenvalue weighted by Crippen LogP contribution is 2.27. The number of benzene rings is 2. The van der Waals surface area contributed by atoms with Gasteiger partial charge >= 0.3 is 0 Å². The van der Waals surface area contributed by atoms with E-state index >= 15 is 0 Å². The molecule has 2 amide bonds. The maximum atomic E-state index is 14.4. The molecule has 0 bridgehead atoms. The number of allylic oxidation sites excluding steroid dienone is 1. The van der Waals surface area contributed by atoms with E-state index in [9.17, 15) is 14.0 Å².